The summed E-state index contributed by atoms with van der Waals surface area (Å²) in [5, 5.41) is 13.2. The molecule has 3 nitrogen and oxygen atoms in total. The highest BCUT2D eigenvalue weighted by molar-refractivity contribution is 7.96. The molecule has 0 saturated carbocycles. The summed E-state index contributed by atoms with van der Waals surface area (Å²) in [5.74, 6) is -0.145. The van der Waals surface area contributed by atoms with Crippen LogP contribution in [0.5, 0.6) is 0 Å². The minimum absolute atomic E-state index is 0. The van der Waals surface area contributed by atoms with Gasteiger partial charge in [0.05, 0.1) is 5.71 Å². The molecule has 0 atom stereocenters. The van der Waals surface area contributed by atoms with Gasteiger partial charge in [-0.15, -0.1) is 5.10 Å². The lowest BCUT2D eigenvalue weighted by molar-refractivity contribution is -0.0000146. The van der Waals surface area contributed by atoms with Crippen LogP contribution in [0.2, 0.25) is 0 Å². The number of carbonyl (C=O) groups is 1. The standard InChI is InChI=1S/C35H30N2OP.BrH/c1-28(36-37-34(29-17-7-2-8-18-29)35(38)30-19-9-3-10-20-30)27-39(31-21-11-4-12-22-31,32-23-13-5-14-24-32)33-25-15-6-16-26-33;/h2-26H,27H2,1H3;1H/q+1;/p-1/b36-28+,37-34+;. The second-order valence-electron chi connectivity index (χ2n) is 9.32. The Balaban J connectivity index is 0.00000370. The lowest BCUT2D eigenvalue weighted by Crippen LogP contribution is -3.00. The summed E-state index contributed by atoms with van der Waals surface area (Å²) >= 11 is 0. The number of benzene rings is 5. The van der Waals surface area contributed by atoms with Crippen LogP contribution in [0, 0.1) is 0 Å². The van der Waals surface area contributed by atoms with Crippen molar-refractivity contribution in [1.82, 2.24) is 0 Å². The molecule has 0 unspecified atom stereocenters. The molecular formula is C35H30BrN2OP. The predicted molar refractivity (Wildman–Crippen MR) is 167 cm³/mol. The number of nitrogens with zero attached hydrogens (tertiary/aromatic N) is 2. The normalized spacial score (nSPS) is 11.9. The Morgan fingerprint density at radius 3 is 1.27 bits per heavy atom. The van der Waals surface area contributed by atoms with Crippen LogP contribution < -0.4 is 32.9 Å². The quantitative estimate of drug-likeness (QED) is 0.109. The van der Waals surface area contributed by atoms with Crippen LogP contribution in [0.4, 0.5) is 0 Å². The highest BCUT2D eigenvalue weighted by atomic mass is 79.9. The van der Waals surface area contributed by atoms with Crippen molar-refractivity contribution in [2.75, 3.05) is 6.16 Å². The highest BCUT2D eigenvalue weighted by Crippen LogP contribution is 2.55. The Kier molecular flexibility index (Phi) is 10.1. The van der Waals surface area contributed by atoms with Gasteiger partial charge in [0.1, 0.15) is 35.0 Å². The van der Waals surface area contributed by atoms with Crippen molar-refractivity contribution < 1.29 is 21.8 Å². The van der Waals surface area contributed by atoms with Gasteiger partial charge in [-0.3, -0.25) is 4.79 Å². The predicted octanol–water partition coefficient (Wildman–Crippen LogP) is 3.73. The molecule has 0 amide bonds. The van der Waals surface area contributed by atoms with Crippen LogP contribution in [-0.2, 0) is 0 Å². The molecule has 0 heterocycles. The summed E-state index contributed by atoms with van der Waals surface area (Å²) < 4.78 is 0. The van der Waals surface area contributed by atoms with Gasteiger partial charge in [0.2, 0.25) is 5.78 Å². The van der Waals surface area contributed by atoms with Gasteiger partial charge in [0, 0.05) is 11.1 Å². The fourth-order valence-electron chi connectivity index (χ4n) is 4.84. The average molecular weight is 606 g/mol. The van der Waals surface area contributed by atoms with E-state index in [1.807, 2.05) is 67.6 Å². The molecule has 0 aliphatic carbocycles. The molecule has 0 spiro atoms. The first-order valence-corrected chi connectivity index (χ1v) is 15.0. The van der Waals surface area contributed by atoms with Gasteiger partial charge in [0.25, 0.3) is 0 Å². The Morgan fingerprint density at radius 2 is 0.875 bits per heavy atom. The van der Waals surface area contributed by atoms with E-state index in [9.17, 15) is 4.79 Å². The molecule has 5 aromatic rings. The number of carbonyl (C=O) groups excluding carboxylic acids is 1. The number of hydrogen-bond donors (Lipinski definition) is 0. The third-order valence-corrected chi connectivity index (χ3v) is 11.1. The number of rotatable bonds is 9. The van der Waals surface area contributed by atoms with Crippen molar-refractivity contribution in [2.45, 2.75) is 6.92 Å². The Labute approximate surface area is 247 Å². The minimum Gasteiger partial charge on any atom is -1.00 e. The van der Waals surface area contributed by atoms with Crippen molar-refractivity contribution in [3.8, 4) is 0 Å². The minimum atomic E-state index is -2.11. The largest absolute Gasteiger partial charge is 1.00 e. The van der Waals surface area contributed by atoms with E-state index in [2.05, 4.69) is 96.1 Å². The van der Waals surface area contributed by atoms with Gasteiger partial charge in [0.15, 0.2) is 0 Å². The zero-order valence-corrected chi connectivity index (χ0v) is 24.7. The first-order valence-electron chi connectivity index (χ1n) is 13.0. The van der Waals surface area contributed by atoms with E-state index >= 15 is 0 Å². The molecule has 198 valence electrons. The van der Waals surface area contributed by atoms with Gasteiger partial charge in [-0.1, -0.05) is 115 Å². The van der Waals surface area contributed by atoms with Crippen molar-refractivity contribution in [2.24, 2.45) is 10.2 Å². The third kappa shape index (κ3) is 6.42. The van der Waals surface area contributed by atoms with Crippen LogP contribution in [-0.4, -0.2) is 23.4 Å². The van der Waals surface area contributed by atoms with E-state index in [1.165, 1.54) is 15.9 Å². The summed E-state index contributed by atoms with van der Waals surface area (Å²) in [5.41, 5.74) is 2.55. The molecule has 0 radical (unpaired) electrons. The maximum Gasteiger partial charge on any atom is 0.213 e. The van der Waals surface area contributed by atoms with Gasteiger partial charge >= 0.3 is 0 Å². The van der Waals surface area contributed by atoms with Gasteiger partial charge in [-0.25, -0.2) is 0 Å². The monoisotopic (exact) mass is 604 g/mol. The molecule has 0 aliphatic heterocycles. The summed E-state index contributed by atoms with van der Waals surface area (Å²) in [7, 11) is -2.11. The number of ketones is 1. The average Bonchev–Trinajstić information content (AvgIpc) is 3.02. The Hall–Kier alpha value is -3.98. The zero-order valence-electron chi connectivity index (χ0n) is 22.3. The van der Waals surface area contributed by atoms with Crippen molar-refractivity contribution >= 4 is 40.4 Å². The number of Topliss-reactive ketones (excluding diaryl/α,β-unsaturated/α-hetero) is 1. The third-order valence-electron chi connectivity index (χ3n) is 6.68. The summed E-state index contributed by atoms with van der Waals surface area (Å²) in [6, 6.07) is 50.9. The lowest BCUT2D eigenvalue weighted by Gasteiger charge is -2.27. The van der Waals surface area contributed by atoms with Crippen LogP contribution >= 0.6 is 7.26 Å². The maximum absolute atomic E-state index is 13.5. The lowest BCUT2D eigenvalue weighted by atomic mass is 10.0. The molecule has 0 fully saturated rings. The van der Waals surface area contributed by atoms with E-state index in [-0.39, 0.29) is 22.8 Å². The van der Waals surface area contributed by atoms with Crippen molar-refractivity contribution in [1.29, 1.82) is 0 Å². The number of hydrogen-bond acceptors (Lipinski definition) is 3. The first kappa shape index (κ1) is 29.0. The smallest absolute Gasteiger partial charge is 0.213 e. The van der Waals surface area contributed by atoms with E-state index in [0.717, 1.165) is 11.3 Å². The van der Waals surface area contributed by atoms with Crippen LogP contribution in [0.3, 0.4) is 0 Å². The van der Waals surface area contributed by atoms with E-state index < -0.39 is 7.26 Å². The molecule has 0 aromatic heterocycles. The molecule has 0 saturated heterocycles. The summed E-state index contributed by atoms with van der Waals surface area (Å²) in [4.78, 5) is 13.5. The second kappa shape index (κ2) is 13.9. The molecule has 0 N–H and O–H groups in total. The first-order chi connectivity index (χ1) is 19.2. The molecule has 0 aliphatic rings. The SMILES string of the molecule is C/C(C[P+](c1ccccc1)(c1ccccc1)c1ccccc1)=N\N=C(\C(=O)c1ccccc1)c1ccccc1.[Br-]. The topological polar surface area (TPSA) is 41.8 Å². The fraction of sp³-hybridized carbons (Fsp3) is 0.0571. The van der Waals surface area contributed by atoms with Crippen molar-refractivity contribution in [3.05, 3.63) is 163 Å². The van der Waals surface area contributed by atoms with Gasteiger partial charge < -0.3 is 17.0 Å². The molecule has 40 heavy (non-hydrogen) atoms. The van der Waals surface area contributed by atoms with Crippen LogP contribution in [0.1, 0.15) is 22.8 Å². The highest BCUT2D eigenvalue weighted by Gasteiger charge is 2.45. The van der Waals surface area contributed by atoms with Crippen LogP contribution in [0.15, 0.2) is 162 Å². The Morgan fingerprint density at radius 1 is 0.525 bits per heavy atom. The Bertz CT molecular complexity index is 1480. The van der Waals surface area contributed by atoms with Gasteiger partial charge in [-0.05, 0) is 43.3 Å². The summed E-state index contributed by atoms with van der Waals surface area (Å²) in [6.07, 6.45) is 0.705. The molecule has 5 rings (SSSR count). The van der Waals surface area contributed by atoms with Gasteiger partial charge in [-0.2, -0.15) is 5.10 Å². The summed E-state index contributed by atoms with van der Waals surface area (Å²) in [6.45, 7) is 2.02. The molecule has 5 heteroatoms. The maximum atomic E-state index is 13.5. The van der Waals surface area contributed by atoms with E-state index in [1.54, 1.807) is 0 Å². The van der Waals surface area contributed by atoms with E-state index in [0.29, 0.717) is 17.4 Å². The second-order valence-corrected chi connectivity index (χ2v) is 12.8. The van der Waals surface area contributed by atoms with E-state index in [4.69, 9.17) is 5.10 Å². The van der Waals surface area contributed by atoms with Crippen molar-refractivity contribution in [3.63, 3.8) is 0 Å². The van der Waals surface area contributed by atoms with Crippen LogP contribution in [0.25, 0.3) is 0 Å². The zero-order chi connectivity index (χ0) is 26.9. The molecule has 5 aromatic carbocycles. The molecular weight excluding hydrogens is 575 g/mol. The fourth-order valence-corrected chi connectivity index (χ4v) is 9.07. The molecule has 0 bridgehead atoms. The number of halogens is 1.